The topological polar surface area (TPSA) is 60.4 Å². The van der Waals surface area contributed by atoms with Crippen molar-refractivity contribution in [1.82, 2.24) is 4.90 Å². The van der Waals surface area contributed by atoms with Crippen LogP contribution in [-0.4, -0.2) is 29.9 Å². The van der Waals surface area contributed by atoms with E-state index in [0.29, 0.717) is 12.8 Å². The predicted octanol–water partition coefficient (Wildman–Crippen LogP) is 0.555. The molecule has 1 saturated carbocycles. The lowest BCUT2D eigenvalue weighted by molar-refractivity contribution is -0.314. The summed E-state index contributed by atoms with van der Waals surface area (Å²) >= 11 is 0. The number of carbonyl (C=O) groups is 2. The molecule has 0 aromatic rings. The van der Waals surface area contributed by atoms with Gasteiger partial charge in [0.1, 0.15) is 0 Å². The van der Waals surface area contributed by atoms with Gasteiger partial charge in [-0.1, -0.05) is 12.8 Å². The number of hydrogen-bond acceptors (Lipinski definition) is 3. The quantitative estimate of drug-likeness (QED) is 0.706. The first-order valence-electron chi connectivity index (χ1n) is 6.70. The van der Waals surface area contributed by atoms with E-state index < -0.39 is 11.9 Å². The van der Waals surface area contributed by atoms with Crippen LogP contribution >= 0.6 is 0 Å². The van der Waals surface area contributed by atoms with Gasteiger partial charge < -0.3 is 14.8 Å². The Morgan fingerprint density at radius 3 is 2.06 bits per heavy atom. The first kappa shape index (κ1) is 12.4. The van der Waals surface area contributed by atoms with Gasteiger partial charge in [-0.2, -0.15) is 0 Å². The van der Waals surface area contributed by atoms with Gasteiger partial charge in [0.25, 0.3) is 0 Å². The van der Waals surface area contributed by atoms with E-state index in [4.69, 9.17) is 0 Å². The third kappa shape index (κ3) is 2.79. The molecular formula is C13H20NO3-. The summed E-state index contributed by atoms with van der Waals surface area (Å²) in [5, 5.41) is 11.1. The van der Waals surface area contributed by atoms with Crippen molar-refractivity contribution < 1.29 is 14.7 Å². The number of rotatable bonds is 2. The van der Waals surface area contributed by atoms with E-state index in [2.05, 4.69) is 0 Å². The highest BCUT2D eigenvalue weighted by Gasteiger charge is 2.34. The second-order valence-electron chi connectivity index (χ2n) is 5.20. The number of amides is 1. The maximum absolute atomic E-state index is 12.3. The van der Waals surface area contributed by atoms with Crippen LogP contribution in [0.5, 0.6) is 0 Å². The highest BCUT2D eigenvalue weighted by molar-refractivity contribution is 5.84. The molecule has 4 nitrogen and oxygen atoms in total. The fraction of sp³-hybridized carbons (Fsp3) is 0.846. The Labute approximate surface area is 102 Å². The summed E-state index contributed by atoms with van der Waals surface area (Å²) in [5.41, 5.74) is 0. The molecule has 4 heteroatoms. The van der Waals surface area contributed by atoms with E-state index in [0.717, 1.165) is 38.8 Å². The molecule has 1 heterocycles. The Balaban J connectivity index is 2.02. The molecular weight excluding hydrogens is 218 g/mol. The summed E-state index contributed by atoms with van der Waals surface area (Å²) in [6, 6.07) is 0. The first-order chi connectivity index (χ1) is 8.20. The van der Waals surface area contributed by atoms with Crippen LogP contribution in [-0.2, 0) is 9.59 Å². The molecule has 2 aliphatic rings. The average Bonchev–Trinajstić information content (AvgIpc) is 2.39. The summed E-state index contributed by atoms with van der Waals surface area (Å²) in [7, 11) is 0. The lowest BCUT2D eigenvalue weighted by Crippen LogP contribution is -2.47. The van der Waals surface area contributed by atoms with Crippen LogP contribution < -0.4 is 5.11 Å². The standard InChI is InChI=1S/C13H21NO3/c15-12(14-8-4-1-5-9-14)10-6-2-3-7-11(10)13(16)17/h10-11H,1-9H2,(H,16,17)/p-1/t10-,11+/m0/s1. The molecule has 1 aliphatic carbocycles. The molecule has 17 heavy (non-hydrogen) atoms. The molecule has 1 saturated heterocycles. The molecule has 1 aliphatic heterocycles. The van der Waals surface area contributed by atoms with Crippen LogP contribution in [0.2, 0.25) is 0 Å². The van der Waals surface area contributed by atoms with Gasteiger partial charge in [0.05, 0.1) is 0 Å². The summed E-state index contributed by atoms with van der Waals surface area (Å²) < 4.78 is 0. The first-order valence-corrected chi connectivity index (χ1v) is 6.70. The summed E-state index contributed by atoms with van der Waals surface area (Å²) in [6.45, 7) is 1.60. The van der Waals surface area contributed by atoms with Gasteiger partial charge in [-0.05, 0) is 32.1 Å². The maximum atomic E-state index is 12.3. The number of carbonyl (C=O) groups excluding carboxylic acids is 2. The van der Waals surface area contributed by atoms with Crippen LogP contribution in [0.15, 0.2) is 0 Å². The average molecular weight is 238 g/mol. The van der Waals surface area contributed by atoms with Crippen LogP contribution in [0.3, 0.4) is 0 Å². The minimum atomic E-state index is -1.04. The molecule has 0 bridgehead atoms. The smallest absolute Gasteiger partial charge is 0.226 e. The van der Waals surface area contributed by atoms with Gasteiger partial charge >= 0.3 is 0 Å². The fourth-order valence-electron chi connectivity index (χ4n) is 3.06. The van der Waals surface area contributed by atoms with Gasteiger partial charge in [-0.15, -0.1) is 0 Å². The van der Waals surface area contributed by atoms with Crippen molar-refractivity contribution in [1.29, 1.82) is 0 Å². The van der Waals surface area contributed by atoms with Crippen LogP contribution in [0.4, 0.5) is 0 Å². The van der Waals surface area contributed by atoms with Crippen LogP contribution in [0, 0.1) is 11.8 Å². The Morgan fingerprint density at radius 1 is 0.882 bits per heavy atom. The number of nitrogens with zero attached hydrogens (tertiary/aromatic N) is 1. The van der Waals surface area contributed by atoms with E-state index in [1.165, 1.54) is 6.42 Å². The van der Waals surface area contributed by atoms with E-state index >= 15 is 0 Å². The molecule has 1 amide bonds. The van der Waals surface area contributed by atoms with Crippen molar-refractivity contribution in [2.75, 3.05) is 13.1 Å². The minimum absolute atomic E-state index is 0.0543. The predicted molar refractivity (Wildman–Crippen MR) is 60.9 cm³/mol. The van der Waals surface area contributed by atoms with Gasteiger partial charge in [-0.3, -0.25) is 4.79 Å². The SMILES string of the molecule is O=C([O-])[C@@H]1CCCC[C@@H]1C(=O)N1CCCCC1. The second kappa shape index (κ2) is 5.52. The second-order valence-corrected chi connectivity index (χ2v) is 5.20. The van der Waals surface area contributed by atoms with E-state index in [-0.39, 0.29) is 11.8 Å². The maximum Gasteiger partial charge on any atom is 0.226 e. The third-order valence-corrected chi connectivity index (χ3v) is 4.05. The van der Waals surface area contributed by atoms with Crippen molar-refractivity contribution >= 4 is 11.9 Å². The minimum Gasteiger partial charge on any atom is -0.550 e. The third-order valence-electron chi connectivity index (χ3n) is 4.05. The number of aliphatic carboxylic acids is 1. The van der Waals surface area contributed by atoms with E-state index in [9.17, 15) is 14.7 Å². The Bertz CT molecular complexity index is 297. The lowest BCUT2D eigenvalue weighted by atomic mass is 9.78. The van der Waals surface area contributed by atoms with Crippen LogP contribution in [0.25, 0.3) is 0 Å². The number of hydrogen-bond donors (Lipinski definition) is 0. The van der Waals surface area contributed by atoms with Crippen molar-refractivity contribution in [3.05, 3.63) is 0 Å². The van der Waals surface area contributed by atoms with E-state index in [1.54, 1.807) is 0 Å². The largest absolute Gasteiger partial charge is 0.550 e. The highest BCUT2D eigenvalue weighted by Crippen LogP contribution is 2.31. The lowest BCUT2D eigenvalue weighted by Gasteiger charge is -2.36. The molecule has 0 spiro atoms. The Kier molecular flexibility index (Phi) is 4.02. The normalized spacial score (nSPS) is 30.0. The van der Waals surface area contributed by atoms with Crippen molar-refractivity contribution in [2.45, 2.75) is 44.9 Å². The van der Waals surface area contributed by atoms with Gasteiger partial charge in [0, 0.05) is 30.9 Å². The summed E-state index contributed by atoms with van der Waals surface area (Å²) in [4.78, 5) is 25.2. The summed E-state index contributed by atoms with van der Waals surface area (Å²) in [6.07, 6.45) is 6.47. The monoisotopic (exact) mass is 238 g/mol. The number of likely N-dealkylation sites (tertiary alicyclic amines) is 1. The van der Waals surface area contributed by atoms with Gasteiger partial charge in [0.15, 0.2) is 0 Å². The molecule has 2 fully saturated rings. The Morgan fingerprint density at radius 2 is 1.47 bits per heavy atom. The molecule has 0 aromatic carbocycles. The molecule has 2 rings (SSSR count). The van der Waals surface area contributed by atoms with Gasteiger partial charge in [-0.25, -0.2) is 0 Å². The fourth-order valence-corrected chi connectivity index (χ4v) is 3.06. The highest BCUT2D eigenvalue weighted by atomic mass is 16.4. The van der Waals surface area contributed by atoms with Crippen molar-refractivity contribution in [3.8, 4) is 0 Å². The number of piperidine rings is 1. The molecule has 96 valence electrons. The number of carboxylic acids is 1. The van der Waals surface area contributed by atoms with Crippen molar-refractivity contribution in [3.63, 3.8) is 0 Å². The molecule has 0 radical (unpaired) electrons. The zero-order chi connectivity index (χ0) is 12.3. The van der Waals surface area contributed by atoms with E-state index in [1.807, 2.05) is 4.90 Å². The van der Waals surface area contributed by atoms with Gasteiger partial charge in [0.2, 0.25) is 5.91 Å². The summed E-state index contributed by atoms with van der Waals surface area (Å²) in [5.74, 6) is -1.87. The van der Waals surface area contributed by atoms with Crippen LogP contribution in [0.1, 0.15) is 44.9 Å². The number of carboxylic acid groups (broad SMARTS) is 1. The molecule has 0 aromatic heterocycles. The zero-order valence-corrected chi connectivity index (χ0v) is 10.2. The molecule has 2 atom stereocenters. The van der Waals surface area contributed by atoms with Crippen molar-refractivity contribution in [2.24, 2.45) is 11.8 Å². The molecule has 0 unspecified atom stereocenters. The Hall–Kier alpha value is -1.06. The zero-order valence-electron chi connectivity index (χ0n) is 10.2. The molecule has 0 N–H and O–H groups in total.